The Morgan fingerprint density at radius 2 is 1.79 bits per heavy atom. The number of fused-ring (bicyclic) bond motifs is 1. The molecular formula is C23H19NO4. The van der Waals surface area contributed by atoms with Crippen molar-refractivity contribution in [1.82, 2.24) is 0 Å². The minimum atomic E-state index is -1.88. The summed E-state index contributed by atoms with van der Waals surface area (Å²) in [6, 6.07) is 20.0. The molecule has 1 aromatic heterocycles. The van der Waals surface area contributed by atoms with Gasteiger partial charge in [0.1, 0.15) is 5.76 Å². The van der Waals surface area contributed by atoms with Gasteiger partial charge in [0.25, 0.3) is 5.91 Å². The van der Waals surface area contributed by atoms with E-state index in [1.165, 1.54) is 23.3 Å². The smallest absolute Gasteiger partial charge is 0.264 e. The van der Waals surface area contributed by atoms with E-state index in [0.717, 1.165) is 5.56 Å². The maximum Gasteiger partial charge on any atom is 0.264 e. The van der Waals surface area contributed by atoms with Crippen molar-refractivity contribution in [3.63, 3.8) is 0 Å². The second-order valence-corrected chi connectivity index (χ2v) is 6.75. The SMILES string of the molecule is O=C(C=Cc1ccco1)CC1(O)C(=O)N(Cc2ccccc2)c2ccccc21. The lowest BCUT2D eigenvalue weighted by atomic mass is 9.90. The summed E-state index contributed by atoms with van der Waals surface area (Å²) in [5.41, 5.74) is 0.145. The van der Waals surface area contributed by atoms with E-state index in [4.69, 9.17) is 4.42 Å². The highest BCUT2D eigenvalue weighted by Gasteiger charge is 2.50. The number of rotatable bonds is 6. The number of amides is 1. The Balaban J connectivity index is 1.61. The van der Waals surface area contributed by atoms with E-state index in [1.807, 2.05) is 36.4 Å². The van der Waals surface area contributed by atoms with Crippen molar-refractivity contribution in [3.8, 4) is 0 Å². The van der Waals surface area contributed by atoms with Crippen LogP contribution in [0.15, 0.2) is 83.5 Å². The summed E-state index contributed by atoms with van der Waals surface area (Å²) in [5, 5.41) is 11.2. The fourth-order valence-electron chi connectivity index (χ4n) is 3.47. The molecule has 1 atom stereocenters. The first-order valence-corrected chi connectivity index (χ1v) is 9.00. The molecule has 4 rings (SSSR count). The second kappa shape index (κ2) is 7.29. The maximum atomic E-state index is 13.1. The molecule has 5 nitrogen and oxygen atoms in total. The third-order valence-corrected chi connectivity index (χ3v) is 4.83. The van der Waals surface area contributed by atoms with Crippen LogP contribution in [0.2, 0.25) is 0 Å². The molecule has 0 fully saturated rings. The van der Waals surface area contributed by atoms with E-state index >= 15 is 0 Å². The molecule has 140 valence electrons. The molecule has 1 amide bonds. The van der Waals surface area contributed by atoms with Gasteiger partial charge < -0.3 is 14.4 Å². The Morgan fingerprint density at radius 3 is 2.54 bits per heavy atom. The molecule has 28 heavy (non-hydrogen) atoms. The van der Waals surface area contributed by atoms with Crippen LogP contribution in [0, 0.1) is 0 Å². The number of anilines is 1. The average Bonchev–Trinajstić information content (AvgIpc) is 3.30. The Morgan fingerprint density at radius 1 is 1.04 bits per heavy atom. The topological polar surface area (TPSA) is 70.7 Å². The van der Waals surface area contributed by atoms with Crippen LogP contribution in [0.5, 0.6) is 0 Å². The van der Waals surface area contributed by atoms with E-state index in [2.05, 4.69) is 0 Å². The van der Waals surface area contributed by atoms with E-state index in [0.29, 0.717) is 23.6 Å². The molecule has 0 saturated carbocycles. The molecule has 1 N–H and O–H groups in total. The highest BCUT2D eigenvalue weighted by molar-refractivity contribution is 6.10. The molecule has 0 bridgehead atoms. The Labute approximate surface area is 162 Å². The van der Waals surface area contributed by atoms with Gasteiger partial charge in [-0.05, 0) is 35.9 Å². The van der Waals surface area contributed by atoms with Crippen LogP contribution in [-0.4, -0.2) is 16.8 Å². The highest BCUT2D eigenvalue weighted by atomic mass is 16.3. The molecule has 1 aliphatic rings. The summed E-state index contributed by atoms with van der Waals surface area (Å²) in [4.78, 5) is 27.1. The Bertz CT molecular complexity index is 1020. The summed E-state index contributed by atoms with van der Waals surface area (Å²) in [7, 11) is 0. The van der Waals surface area contributed by atoms with Crippen LogP contribution in [0.25, 0.3) is 6.08 Å². The molecule has 0 saturated heterocycles. The molecular weight excluding hydrogens is 354 g/mol. The number of aliphatic hydroxyl groups is 1. The third kappa shape index (κ3) is 3.28. The summed E-state index contributed by atoms with van der Waals surface area (Å²) in [5.74, 6) is -0.315. The molecule has 3 aromatic rings. The van der Waals surface area contributed by atoms with E-state index in [1.54, 1.807) is 30.3 Å². The van der Waals surface area contributed by atoms with Gasteiger partial charge in [-0.2, -0.15) is 0 Å². The fourth-order valence-corrected chi connectivity index (χ4v) is 3.47. The van der Waals surface area contributed by atoms with Gasteiger partial charge >= 0.3 is 0 Å². The van der Waals surface area contributed by atoms with Gasteiger partial charge in [0, 0.05) is 5.56 Å². The molecule has 0 radical (unpaired) electrons. The fraction of sp³-hybridized carbons (Fsp3) is 0.130. The zero-order valence-corrected chi connectivity index (χ0v) is 15.1. The first-order valence-electron chi connectivity index (χ1n) is 9.00. The number of hydrogen-bond acceptors (Lipinski definition) is 4. The predicted octanol–water partition coefficient (Wildman–Crippen LogP) is 3.69. The molecule has 1 unspecified atom stereocenters. The lowest BCUT2D eigenvalue weighted by molar-refractivity contribution is -0.140. The molecule has 0 aliphatic carbocycles. The second-order valence-electron chi connectivity index (χ2n) is 6.75. The van der Waals surface area contributed by atoms with Gasteiger partial charge in [-0.15, -0.1) is 0 Å². The minimum absolute atomic E-state index is 0.328. The number of nitrogens with zero attached hydrogens (tertiary/aromatic N) is 1. The van der Waals surface area contributed by atoms with Gasteiger partial charge in [0.15, 0.2) is 11.4 Å². The van der Waals surface area contributed by atoms with E-state index < -0.39 is 11.5 Å². The number of para-hydroxylation sites is 1. The predicted molar refractivity (Wildman–Crippen MR) is 105 cm³/mol. The molecule has 0 spiro atoms. The number of carbonyl (C=O) groups excluding carboxylic acids is 2. The zero-order chi connectivity index (χ0) is 19.6. The van der Waals surface area contributed by atoms with Crippen molar-refractivity contribution in [2.24, 2.45) is 0 Å². The molecule has 2 aromatic carbocycles. The number of allylic oxidation sites excluding steroid dienone is 1. The number of furan rings is 1. The number of benzene rings is 2. The first kappa shape index (κ1) is 17.9. The molecule has 2 heterocycles. The summed E-state index contributed by atoms with van der Waals surface area (Å²) >= 11 is 0. The summed E-state index contributed by atoms with van der Waals surface area (Å²) in [6.07, 6.45) is 4.03. The van der Waals surface area contributed by atoms with Crippen molar-refractivity contribution in [2.75, 3.05) is 4.90 Å². The lowest BCUT2D eigenvalue weighted by Crippen LogP contribution is -2.41. The third-order valence-electron chi connectivity index (χ3n) is 4.83. The molecule has 1 aliphatic heterocycles. The summed E-state index contributed by atoms with van der Waals surface area (Å²) < 4.78 is 5.16. The van der Waals surface area contributed by atoms with Crippen LogP contribution >= 0.6 is 0 Å². The van der Waals surface area contributed by atoms with E-state index in [-0.39, 0.29) is 12.2 Å². The Hall–Kier alpha value is -3.44. The summed E-state index contributed by atoms with van der Waals surface area (Å²) in [6.45, 7) is 0.329. The van der Waals surface area contributed by atoms with Crippen LogP contribution in [0.4, 0.5) is 5.69 Å². The van der Waals surface area contributed by atoms with Crippen LogP contribution in [-0.2, 0) is 21.7 Å². The maximum absolute atomic E-state index is 13.1. The standard InChI is InChI=1S/C23H19NO4/c25-18(12-13-19-9-6-14-28-19)15-23(27)20-10-4-5-11-21(20)24(22(23)26)16-17-7-2-1-3-8-17/h1-14,27H,15-16H2. The van der Waals surface area contributed by atoms with Gasteiger partial charge in [-0.25, -0.2) is 0 Å². The minimum Gasteiger partial charge on any atom is -0.465 e. The quantitative estimate of drug-likeness (QED) is 0.669. The number of carbonyl (C=O) groups is 2. The largest absolute Gasteiger partial charge is 0.465 e. The van der Waals surface area contributed by atoms with Crippen molar-refractivity contribution in [3.05, 3.63) is 96.0 Å². The van der Waals surface area contributed by atoms with Crippen molar-refractivity contribution in [1.29, 1.82) is 0 Å². The van der Waals surface area contributed by atoms with Crippen molar-refractivity contribution < 1.29 is 19.1 Å². The monoisotopic (exact) mass is 373 g/mol. The average molecular weight is 373 g/mol. The molecule has 5 heteroatoms. The van der Waals surface area contributed by atoms with Gasteiger partial charge in [-0.3, -0.25) is 9.59 Å². The number of ketones is 1. The van der Waals surface area contributed by atoms with Crippen LogP contribution in [0.3, 0.4) is 0 Å². The van der Waals surface area contributed by atoms with Crippen molar-refractivity contribution in [2.45, 2.75) is 18.6 Å². The first-order chi connectivity index (χ1) is 13.6. The number of hydrogen-bond donors (Lipinski definition) is 1. The highest BCUT2D eigenvalue weighted by Crippen LogP contribution is 2.43. The normalized spacial score (nSPS) is 18.6. The van der Waals surface area contributed by atoms with Crippen LogP contribution in [0.1, 0.15) is 23.3 Å². The van der Waals surface area contributed by atoms with Gasteiger partial charge in [0.05, 0.1) is 24.9 Å². The van der Waals surface area contributed by atoms with Crippen LogP contribution < -0.4 is 4.90 Å². The van der Waals surface area contributed by atoms with Gasteiger partial charge in [0.2, 0.25) is 0 Å². The van der Waals surface area contributed by atoms with Crippen molar-refractivity contribution >= 4 is 23.5 Å². The van der Waals surface area contributed by atoms with Gasteiger partial charge in [-0.1, -0.05) is 48.5 Å². The zero-order valence-electron chi connectivity index (χ0n) is 15.1. The van der Waals surface area contributed by atoms with E-state index in [9.17, 15) is 14.7 Å². The lowest BCUT2D eigenvalue weighted by Gasteiger charge is -2.22. The Kier molecular flexibility index (Phi) is 4.67.